The predicted octanol–water partition coefficient (Wildman–Crippen LogP) is 4.92. The number of halogens is 1. The number of carbonyl (C=O) groups excluding carboxylic acids is 1. The third-order valence-corrected chi connectivity index (χ3v) is 5.93. The minimum Gasteiger partial charge on any atom is -0.325 e. The predicted molar refractivity (Wildman–Crippen MR) is 115 cm³/mol. The lowest BCUT2D eigenvalue weighted by Gasteiger charge is -2.10. The number of nitrogens with zero attached hydrogens (tertiary/aromatic N) is 3. The van der Waals surface area contributed by atoms with E-state index in [1.54, 1.807) is 23.5 Å². The number of thiophene rings is 1. The first-order valence-corrected chi connectivity index (χ1v) is 10.7. The first-order valence-electron chi connectivity index (χ1n) is 8.88. The van der Waals surface area contributed by atoms with E-state index >= 15 is 0 Å². The van der Waals surface area contributed by atoms with E-state index in [0.717, 1.165) is 22.0 Å². The monoisotopic (exact) mass is 424 g/mol. The average molecular weight is 425 g/mol. The van der Waals surface area contributed by atoms with Crippen LogP contribution in [0.2, 0.25) is 0 Å². The van der Waals surface area contributed by atoms with Crippen LogP contribution in [0.5, 0.6) is 0 Å². The number of rotatable bonds is 7. The van der Waals surface area contributed by atoms with Crippen LogP contribution in [0.3, 0.4) is 0 Å². The number of hydrogen-bond donors (Lipinski definition) is 1. The van der Waals surface area contributed by atoms with Crippen LogP contribution in [0.25, 0.3) is 10.7 Å². The molecule has 29 heavy (non-hydrogen) atoms. The van der Waals surface area contributed by atoms with E-state index in [1.165, 1.54) is 23.9 Å². The molecule has 1 N–H and O–H groups in total. The summed E-state index contributed by atoms with van der Waals surface area (Å²) in [6.45, 7) is 0.489. The highest BCUT2D eigenvalue weighted by molar-refractivity contribution is 7.99. The Morgan fingerprint density at radius 3 is 2.55 bits per heavy atom. The van der Waals surface area contributed by atoms with Gasteiger partial charge in [0.25, 0.3) is 0 Å². The maximum absolute atomic E-state index is 13.3. The van der Waals surface area contributed by atoms with Gasteiger partial charge in [0.05, 0.1) is 17.2 Å². The van der Waals surface area contributed by atoms with Crippen LogP contribution < -0.4 is 5.32 Å². The van der Waals surface area contributed by atoms with Gasteiger partial charge >= 0.3 is 0 Å². The molecule has 0 saturated carbocycles. The van der Waals surface area contributed by atoms with Gasteiger partial charge in [-0.1, -0.05) is 48.2 Å². The van der Waals surface area contributed by atoms with Gasteiger partial charge in [0.2, 0.25) is 5.91 Å². The zero-order valence-corrected chi connectivity index (χ0v) is 16.9. The van der Waals surface area contributed by atoms with Crippen molar-refractivity contribution >= 4 is 34.7 Å². The lowest BCUT2D eigenvalue weighted by molar-refractivity contribution is -0.113. The molecule has 0 aliphatic heterocycles. The van der Waals surface area contributed by atoms with E-state index in [1.807, 2.05) is 52.4 Å². The van der Waals surface area contributed by atoms with Crippen molar-refractivity contribution in [1.82, 2.24) is 14.8 Å². The summed E-state index contributed by atoms with van der Waals surface area (Å²) in [5.74, 6) is 0.551. The molecule has 0 radical (unpaired) electrons. The van der Waals surface area contributed by atoms with Crippen LogP contribution in [0.4, 0.5) is 10.1 Å². The van der Waals surface area contributed by atoms with Crippen molar-refractivity contribution in [2.75, 3.05) is 11.1 Å². The van der Waals surface area contributed by atoms with Crippen molar-refractivity contribution in [1.29, 1.82) is 0 Å². The molecule has 1 amide bonds. The molecule has 146 valence electrons. The van der Waals surface area contributed by atoms with Gasteiger partial charge in [-0.3, -0.25) is 9.36 Å². The van der Waals surface area contributed by atoms with Crippen LogP contribution in [0.15, 0.2) is 77.3 Å². The minimum atomic E-state index is -0.275. The molecule has 0 aliphatic rings. The molecule has 8 heteroatoms. The standard InChI is InChI=1S/C21H17FN4OS2/c22-16-10-8-15(9-11-16)13-26-20(18-7-4-12-28-18)24-25-21(26)29-14-19(27)23-17-5-2-1-3-6-17/h1-12H,13-14H2,(H,23,27). The van der Waals surface area contributed by atoms with Gasteiger partial charge in [-0.15, -0.1) is 21.5 Å². The Kier molecular flexibility index (Phi) is 6.02. The summed E-state index contributed by atoms with van der Waals surface area (Å²) in [6.07, 6.45) is 0. The summed E-state index contributed by atoms with van der Waals surface area (Å²) in [5.41, 5.74) is 1.68. The third-order valence-electron chi connectivity index (χ3n) is 4.10. The number of thioether (sulfide) groups is 1. The molecule has 2 heterocycles. The zero-order chi connectivity index (χ0) is 20.1. The normalized spacial score (nSPS) is 10.8. The van der Waals surface area contributed by atoms with Gasteiger partial charge in [-0.05, 0) is 41.3 Å². The van der Waals surface area contributed by atoms with Crippen molar-refractivity contribution in [3.05, 3.63) is 83.5 Å². The second-order valence-electron chi connectivity index (χ2n) is 6.20. The highest BCUT2D eigenvalue weighted by Crippen LogP contribution is 2.28. The van der Waals surface area contributed by atoms with E-state index in [9.17, 15) is 9.18 Å². The number of benzene rings is 2. The highest BCUT2D eigenvalue weighted by Gasteiger charge is 2.17. The first kappa shape index (κ1) is 19.4. The smallest absolute Gasteiger partial charge is 0.234 e. The number of amides is 1. The van der Waals surface area contributed by atoms with Crippen molar-refractivity contribution < 1.29 is 9.18 Å². The third kappa shape index (κ3) is 4.90. The van der Waals surface area contributed by atoms with E-state index in [2.05, 4.69) is 15.5 Å². The molecular weight excluding hydrogens is 407 g/mol. The summed E-state index contributed by atoms with van der Waals surface area (Å²) < 4.78 is 15.2. The Labute approximate surface area is 175 Å². The van der Waals surface area contributed by atoms with Gasteiger partial charge in [-0.2, -0.15) is 0 Å². The molecule has 4 rings (SSSR count). The van der Waals surface area contributed by atoms with Crippen molar-refractivity contribution in [3.8, 4) is 10.7 Å². The minimum absolute atomic E-state index is 0.116. The van der Waals surface area contributed by atoms with Crippen LogP contribution in [0, 0.1) is 5.82 Å². The largest absolute Gasteiger partial charge is 0.325 e. The molecule has 5 nitrogen and oxygen atoms in total. The van der Waals surface area contributed by atoms with Crippen LogP contribution in [-0.2, 0) is 11.3 Å². The molecule has 0 fully saturated rings. The van der Waals surface area contributed by atoms with Crippen LogP contribution in [0.1, 0.15) is 5.56 Å². The first-order chi connectivity index (χ1) is 14.2. The SMILES string of the molecule is O=C(CSc1nnc(-c2cccs2)n1Cc1ccc(F)cc1)Nc1ccccc1. The second-order valence-corrected chi connectivity index (χ2v) is 8.09. The fourth-order valence-electron chi connectivity index (χ4n) is 2.75. The van der Waals surface area contributed by atoms with Crippen molar-refractivity contribution in [2.24, 2.45) is 0 Å². The van der Waals surface area contributed by atoms with Crippen molar-refractivity contribution in [2.45, 2.75) is 11.7 Å². The topological polar surface area (TPSA) is 59.8 Å². The fourth-order valence-corrected chi connectivity index (χ4v) is 4.20. The maximum Gasteiger partial charge on any atom is 0.234 e. The molecule has 0 bridgehead atoms. The summed E-state index contributed by atoms with van der Waals surface area (Å²) in [6, 6.07) is 19.6. The summed E-state index contributed by atoms with van der Waals surface area (Å²) in [7, 11) is 0. The molecular formula is C21H17FN4OS2. The molecule has 0 aliphatic carbocycles. The van der Waals surface area contributed by atoms with Crippen molar-refractivity contribution in [3.63, 3.8) is 0 Å². The average Bonchev–Trinajstić information content (AvgIpc) is 3.39. The Bertz CT molecular complexity index is 1080. The Morgan fingerprint density at radius 1 is 1.03 bits per heavy atom. The highest BCUT2D eigenvalue weighted by atomic mass is 32.2. The summed E-state index contributed by atoms with van der Waals surface area (Å²) >= 11 is 2.89. The lowest BCUT2D eigenvalue weighted by atomic mass is 10.2. The van der Waals surface area contributed by atoms with Gasteiger partial charge < -0.3 is 5.32 Å². The zero-order valence-electron chi connectivity index (χ0n) is 15.3. The molecule has 0 atom stereocenters. The number of aromatic nitrogens is 3. The Balaban J connectivity index is 1.53. The van der Waals surface area contributed by atoms with E-state index in [0.29, 0.717) is 11.7 Å². The molecule has 4 aromatic rings. The number of carbonyl (C=O) groups is 1. The van der Waals surface area contributed by atoms with Gasteiger partial charge in [0.1, 0.15) is 5.82 Å². The fraction of sp³-hybridized carbons (Fsp3) is 0.0952. The second kappa shape index (κ2) is 9.02. The van der Waals surface area contributed by atoms with Gasteiger partial charge in [-0.25, -0.2) is 4.39 Å². The lowest BCUT2D eigenvalue weighted by Crippen LogP contribution is -2.14. The van der Waals surface area contributed by atoms with E-state index in [4.69, 9.17) is 0 Å². The van der Waals surface area contributed by atoms with Crippen LogP contribution >= 0.6 is 23.1 Å². The number of anilines is 1. The quantitative estimate of drug-likeness (QED) is 0.428. The molecule has 0 saturated heterocycles. The Morgan fingerprint density at radius 2 is 1.83 bits per heavy atom. The Hall–Kier alpha value is -2.97. The number of para-hydroxylation sites is 1. The molecule has 2 aromatic carbocycles. The summed E-state index contributed by atoms with van der Waals surface area (Å²) in [5, 5.41) is 14.1. The number of hydrogen-bond acceptors (Lipinski definition) is 5. The molecule has 0 spiro atoms. The number of nitrogens with one attached hydrogen (secondary N) is 1. The summed E-state index contributed by atoms with van der Waals surface area (Å²) in [4.78, 5) is 13.3. The van der Waals surface area contributed by atoms with Gasteiger partial charge in [0, 0.05) is 5.69 Å². The van der Waals surface area contributed by atoms with Crippen LogP contribution in [-0.4, -0.2) is 26.4 Å². The molecule has 2 aromatic heterocycles. The molecule has 0 unspecified atom stereocenters. The van der Waals surface area contributed by atoms with Gasteiger partial charge in [0.15, 0.2) is 11.0 Å². The maximum atomic E-state index is 13.3. The van der Waals surface area contributed by atoms with E-state index < -0.39 is 0 Å². The van der Waals surface area contributed by atoms with E-state index in [-0.39, 0.29) is 17.5 Å².